The number of aromatic nitrogens is 2. The SMILES string of the molecule is CCCCC(CC)CNC(=O)c1ccccc1OCc1noc(C)n1. The Morgan fingerprint density at radius 1 is 1.32 bits per heavy atom. The molecule has 0 aliphatic rings. The molecule has 0 aliphatic heterocycles. The highest BCUT2D eigenvalue weighted by atomic mass is 16.5. The molecule has 0 bridgehead atoms. The third-order valence-corrected chi connectivity index (χ3v) is 4.15. The third kappa shape index (κ3) is 5.89. The Balaban J connectivity index is 1.94. The Morgan fingerprint density at radius 3 is 2.80 bits per heavy atom. The Bertz CT molecular complexity index is 669. The lowest BCUT2D eigenvalue weighted by Crippen LogP contribution is -2.29. The molecule has 0 saturated heterocycles. The summed E-state index contributed by atoms with van der Waals surface area (Å²) >= 11 is 0. The van der Waals surface area contributed by atoms with Gasteiger partial charge in [0.15, 0.2) is 6.61 Å². The highest BCUT2D eigenvalue weighted by Crippen LogP contribution is 2.19. The second-order valence-electron chi connectivity index (χ2n) is 6.14. The van der Waals surface area contributed by atoms with Crippen LogP contribution in [0, 0.1) is 12.8 Å². The molecule has 0 aliphatic carbocycles. The Labute approximate surface area is 149 Å². The maximum Gasteiger partial charge on any atom is 0.255 e. The van der Waals surface area contributed by atoms with Crippen LogP contribution in [0.2, 0.25) is 0 Å². The standard InChI is InChI=1S/C19H27N3O3/c1-4-6-9-15(5-2)12-20-19(23)16-10-7-8-11-17(16)24-13-18-21-14(3)25-22-18/h7-8,10-11,15H,4-6,9,12-13H2,1-3H3,(H,20,23). The summed E-state index contributed by atoms with van der Waals surface area (Å²) in [7, 11) is 0. The minimum absolute atomic E-state index is 0.116. The first-order valence-corrected chi connectivity index (χ1v) is 8.93. The maximum absolute atomic E-state index is 12.5. The lowest BCUT2D eigenvalue weighted by molar-refractivity contribution is 0.0941. The molecule has 0 radical (unpaired) electrons. The van der Waals surface area contributed by atoms with Gasteiger partial charge < -0.3 is 14.6 Å². The van der Waals surface area contributed by atoms with Crippen LogP contribution in [0.3, 0.4) is 0 Å². The molecule has 6 heteroatoms. The normalized spacial score (nSPS) is 12.0. The number of carbonyl (C=O) groups is 1. The molecule has 25 heavy (non-hydrogen) atoms. The highest BCUT2D eigenvalue weighted by Gasteiger charge is 2.15. The van der Waals surface area contributed by atoms with Gasteiger partial charge in [-0.25, -0.2) is 0 Å². The van der Waals surface area contributed by atoms with Crippen LogP contribution in [0.5, 0.6) is 5.75 Å². The molecule has 0 saturated carbocycles. The van der Waals surface area contributed by atoms with Gasteiger partial charge in [-0.05, 0) is 24.5 Å². The summed E-state index contributed by atoms with van der Waals surface area (Å²) in [5.74, 6) is 1.86. The van der Waals surface area contributed by atoms with Crippen molar-refractivity contribution >= 4 is 5.91 Å². The molecule has 2 aromatic rings. The van der Waals surface area contributed by atoms with Crippen molar-refractivity contribution in [3.63, 3.8) is 0 Å². The summed E-state index contributed by atoms with van der Waals surface area (Å²) in [5.41, 5.74) is 0.521. The average Bonchev–Trinajstić information content (AvgIpc) is 3.05. The van der Waals surface area contributed by atoms with Crippen molar-refractivity contribution in [2.75, 3.05) is 6.54 Å². The Morgan fingerprint density at radius 2 is 2.12 bits per heavy atom. The van der Waals surface area contributed by atoms with Gasteiger partial charge in [0.2, 0.25) is 11.7 Å². The van der Waals surface area contributed by atoms with Crippen LogP contribution in [0.15, 0.2) is 28.8 Å². The molecule has 1 heterocycles. The number of nitrogens with one attached hydrogen (secondary N) is 1. The van der Waals surface area contributed by atoms with Crippen molar-refractivity contribution in [3.05, 3.63) is 41.5 Å². The summed E-state index contributed by atoms with van der Waals surface area (Å²) in [6.07, 6.45) is 4.58. The van der Waals surface area contributed by atoms with E-state index in [-0.39, 0.29) is 12.5 Å². The number of benzene rings is 1. The van der Waals surface area contributed by atoms with Crippen LogP contribution in [-0.2, 0) is 6.61 Å². The van der Waals surface area contributed by atoms with E-state index >= 15 is 0 Å². The summed E-state index contributed by atoms with van der Waals surface area (Å²) in [6.45, 7) is 6.92. The minimum Gasteiger partial charge on any atom is -0.485 e. The van der Waals surface area contributed by atoms with E-state index in [0.29, 0.717) is 35.5 Å². The largest absolute Gasteiger partial charge is 0.485 e. The van der Waals surface area contributed by atoms with Gasteiger partial charge in [0.1, 0.15) is 5.75 Å². The zero-order chi connectivity index (χ0) is 18.1. The number of para-hydroxylation sites is 1. The van der Waals surface area contributed by atoms with Gasteiger partial charge in [0.05, 0.1) is 5.56 Å². The van der Waals surface area contributed by atoms with Crippen molar-refractivity contribution in [2.24, 2.45) is 5.92 Å². The van der Waals surface area contributed by atoms with Gasteiger partial charge in [-0.1, -0.05) is 50.4 Å². The third-order valence-electron chi connectivity index (χ3n) is 4.15. The smallest absolute Gasteiger partial charge is 0.255 e. The second-order valence-corrected chi connectivity index (χ2v) is 6.14. The molecule has 0 fully saturated rings. The Hall–Kier alpha value is -2.37. The molecule has 136 valence electrons. The number of hydrogen-bond donors (Lipinski definition) is 1. The van der Waals surface area contributed by atoms with Crippen LogP contribution in [0.1, 0.15) is 61.6 Å². The first-order valence-electron chi connectivity index (χ1n) is 8.93. The highest BCUT2D eigenvalue weighted by molar-refractivity contribution is 5.96. The Kier molecular flexibility index (Phi) is 7.44. The van der Waals surface area contributed by atoms with E-state index in [0.717, 1.165) is 12.8 Å². The lowest BCUT2D eigenvalue weighted by atomic mass is 9.99. The molecule has 6 nitrogen and oxygen atoms in total. The second kappa shape index (κ2) is 9.81. The molecule has 1 unspecified atom stereocenters. The zero-order valence-corrected chi connectivity index (χ0v) is 15.2. The summed E-state index contributed by atoms with van der Waals surface area (Å²) in [6, 6.07) is 7.20. The number of amides is 1. The summed E-state index contributed by atoms with van der Waals surface area (Å²) in [5, 5.41) is 6.83. The summed E-state index contributed by atoms with van der Waals surface area (Å²) < 4.78 is 10.6. The minimum atomic E-state index is -0.116. The van der Waals surface area contributed by atoms with Gasteiger partial charge in [0, 0.05) is 13.5 Å². The van der Waals surface area contributed by atoms with E-state index < -0.39 is 0 Å². The van der Waals surface area contributed by atoms with Gasteiger partial charge in [-0.2, -0.15) is 4.98 Å². The van der Waals surface area contributed by atoms with Crippen LogP contribution in [-0.4, -0.2) is 22.6 Å². The van der Waals surface area contributed by atoms with E-state index in [1.165, 1.54) is 12.8 Å². The average molecular weight is 345 g/mol. The fourth-order valence-electron chi connectivity index (χ4n) is 2.60. The van der Waals surface area contributed by atoms with Crippen LogP contribution in [0.25, 0.3) is 0 Å². The van der Waals surface area contributed by atoms with Gasteiger partial charge in [-0.15, -0.1) is 0 Å². The quantitative estimate of drug-likeness (QED) is 0.706. The van der Waals surface area contributed by atoms with Crippen molar-refractivity contribution in [2.45, 2.75) is 53.1 Å². The number of nitrogens with zero attached hydrogens (tertiary/aromatic N) is 2. The fourth-order valence-corrected chi connectivity index (χ4v) is 2.60. The predicted octanol–water partition coefficient (Wildman–Crippen LogP) is 3.90. The number of unbranched alkanes of at least 4 members (excludes halogenated alkanes) is 1. The molecular weight excluding hydrogens is 318 g/mol. The topological polar surface area (TPSA) is 77.2 Å². The van der Waals surface area contributed by atoms with Crippen LogP contribution < -0.4 is 10.1 Å². The van der Waals surface area contributed by atoms with Crippen molar-refractivity contribution in [1.82, 2.24) is 15.5 Å². The number of carbonyl (C=O) groups excluding carboxylic acids is 1. The van der Waals surface area contributed by atoms with E-state index in [2.05, 4.69) is 29.3 Å². The number of aryl methyl sites for hydroxylation is 1. The lowest BCUT2D eigenvalue weighted by Gasteiger charge is -2.16. The van der Waals surface area contributed by atoms with Gasteiger partial charge in [-0.3, -0.25) is 4.79 Å². The number of rotatable bonds is 10. The van der Waals surface area contributed by atoms with Gasteiger partial charge >= 0.3 is 0 Å². The van der Waals surface area contributed by atoms with Crippen molar-refractivity contribution in [3.8, 4) is 5.75 Å². The van der Waals surface area contributed by atoms with Crippen molar-refractivity contribution in [1.29, 1.82) is 0 Å². The van der Waals surface area contributed by atoms with E-state index in [4.69, 9.17) is 9.26 Å². The van der Waals surface area contributed by atoms with Crippen molar-refractivity contribution < 1.29 is 14.1 Å². The molecular formula is C19H27N3O3. The molecule has 1 amide bonds. The maximum atomic E-state index is 12.5. The zero-order valence-electron chi connectivity index (χ0n) is 15.2. The molecule has 2 rings (SSSR count). The fraction of sp³-hybridized carbons (Fsp3) is 0.526. The summed E-state index contributed by atoms with van der Waals surface area (Å²) in [4.78, 5) is 16.6. The molecule has 1 atom stereocenters. The van der Waals surface area contributed by atoms with Crippen LogP contribution >= 0.6 is 0 Å². The molecule has 0 spiro atoms. The monoisotopic (exact) mass is 345 g/mol. The van der Waals surface area contributed by atoms with Gasteiger partial charge in [0.25, 0.3) is 5.91 Å². The first kappa shape index (κ1) is 19.0. The first-order chi connectivity index (χ1) is 12.1. The molecule has 1 N–H and O–H groups in total. The molecule has 1 aromatic carbocycles. The molecule has 1 aromatic heterocycles. The van der Waals surface area contributed by atoms with E-state index in [1.54, 1.807) is 19.1 Å². The number of hydrogen-bond acceptors (Lipinski definition) is 5. The van der Waals surface area contributed by atoms with Crippen LogP contribution in [0.4, 0.5) is 0 Å². The van der Waals surface area contributed by atoms with E-state index in [9.17, 15) is 4.79 Å². The van der Waals surface area contributed by atoms with E-state index in [1.807, 2.05) is 12.1 Å². The predicted molar refractivity (Wildman–Crippen MR) is 95.4 cm³/mol. The number of ether oxygens (including phenoxy) is 1.